The van der Waals surface area contributed by atoms with Crippen LogP contribution in [0, 0.1) is 5.92 Å². The van der Waals surface area contributed by atoms with Gasteiger partial charge in [0.05, 0.1) is 0 Å². The minimum atomic E-state index is 0.729. The van der Waals surface area contributed by atoms with Crippen molar-refractivity contribution in [1.29, 1.82) is 0 Å². The van der Waals surface area contributed by atoms with E-state index < -0.39 is 0 Å². The van der Waals surface area contributed by atoms with Gasteiger partial charge in [-0.25, -0.2) is 0 Å². The van der Waals surface area contributed by atoms with E-state index in [9.17, 15) is 0 Å². The summed E-state index contributed by atoms with van der Waals surface area (Å²) in [5, 5.41) is 0. The lowest BCUT2D eigenvalue weighted by molar-refractivity contribution is 0.669. The van der Waals surface area contributed by atoms with Gasteiger partial charge in [0, 0.05) is 0 Å². The summed E-state index contributed by atoms with van der Waals surface area (Å²) < 4.78 is 0. The molecule has 60 valence electrons. The Hall–Kier alpha value is -0.780. The van der Waals surface area contributed by atoms with Crippen LogP contribution in [0.2, 0.25) is 0 Å². The van der Waals surface area contributed by atoms with Crippen molar-refractivity contribution in [3.63, 3.8) is 0 Å². The summed E-state index contributed by atoms with van der Waals surface area (Å²) in [6, 6.07) is 0. The van der Waals surface area contributed by atoms with Crippen LogP contribution < -0.4 is 0 Å². The normalized spacial score (nSPS) is 25.4. The number of rotatable bonds is 1. The average Bonchev–Trinajstić information content (AvgIpc) is 1.94. The quantitative estimate of drug-likeness (QED) is 0.499. The minimum Gasteiger partial charge on any atom is -0.0914 e. The van der Waals surface area contributed by atoms with E-state index >= 15 is 0 Å². The zero-order valence-electron chi connectivity index (χ0n) is 7.16. The van der Waals surface area contributed by atoms with E-state index in [1.807, 2.05) is 0 Å². The molecule has 0 fully saturated rings. The summed E-state index contributed by atoms with van der Waals surface area (Å²) in [6.07, 6.45) is 17.0. The van der Waals surface area contributed by atoms with Crippen LogP contribution in [-0.2, 0) is 0 Å². The van der Waals surface area contributed by atoms with Gasteiger partial charge in [0.1, 0.15) is 0 Å². The summed E-state index contributed by atoms with van der Waals surface area (Å²) in [4.78, 5) is 0. The first kappa shape index (κ1) is 8.32. The second kappa shape index (κ2) is 4.95. The van der Waals surface area contributed by atoms with Crippen LogP contribution in [0.5, 0.6) is 0 Å². The molecule has 0 heterocycles. The molecular weight excluding hydrogens is 132 g/mol. The molecule has 1 aliphatic carbocycles. The van der Waals surface area contributed by atoms with Gasteiger partial charge in [0.15, 0.2) is 0 Å². The van der Waals surface area contributed by atoms with Crippen molar-refractivity contribution < 1.29 is 0 Å². The first-order chi connectivity index (χ1) is 5.43. The van der Waals surface area contributed by atoms with E-state index in [0.717, 1.165) is 12.3 Å². The van der Waals surface area contributed by atoms with Crippen molar-refractivity contribution in [3.8, 4) is 0 Å². The maximum Gasteiger partial charge on any atom is -0.0164 e. The van der Waals surface area contributed by atoms with Crippen LogP contribution in [0.3, 0.4) is 0 Å². The molecule has 0 heteroatoms. The summed E-state index contributed by atoms with van der Waals surface area (Å²) in [6.45, 7) is 2.09. The van der Waals surface area contributed by atoms with E-state index in [1.54, 1.807) is 0 Å². The Bertz CT molecular complexity index is 158. The van der Waals surface area contributed by atoms with Crippen molar-refractivity contribution in [2.24, 2.45) is 5.92 Å². The van der Waals surface area contributed by atoms with Crippen molar-refractivity contribution in [2.45, 2.75) is 26.2 Å². The topological polar surface area (TPSA) is 0 Å². The Labute approximate surface area is 69.3 Å². The van der Waals surface area contributed by atoms with E-state index in [1.165, 1.54) is 12.8 Å². The summed E-state index contributed by atoms with van der Waals surface area (Å²) >= 11 is 0. The zero-order valence-corrected chi connectivity index (χ0v) is 7.16. The predicted octanol–water partition coefficient (Wildman–Crippen LogP) is 3.48. The first-order valence-corrected chi connectivity index (χ1v) is 4.36. The minimum absolute atomic E-state index is 0.729. The molecule has 0 aliphatic heterocycles. The molecular formula is C11H16. The summed E-state index contributed by atoms with van der Waals surface area (Å²) in [5.74, 6) is 0.729. The van der Waals surface area contributed by atoms with Crippen LogP contribution in [-0.4, -0.2) is 0 Å². The molecule has 1 rings (SSSR count). The molecule has 0 amide bonds. The Morgan fingerprint density at radius 3 is 2.27 bits per heavy atom. The van der Waals surface area contributed by atoms with Gasteiger partial charge in [0.25, 0.3) is 0 Å². The van der Waals surface area contributed by atoms with Crippen molar-refractivity contribution in [2.75, 3.05) is 0 Å². The van der Waals surface area contributed by atoms with Crippen LogP contribution in [0.1, 0.15) is 26.2 Å². The fraction of sp³-hybridized carbons (Fsp3) is 0.455. The highest BCUT2D eigenvalue weighted by Gasteiger charge is 1.99. The van der Waals surface area contributed by atoms with Crippen molar-refractivity contribution in [1.82, 2.24) is 0 Å². The molecule has 0 atom stereocenters. The van der Waals surface area contributed by atoms with Crippen LogP contribution in [0.25, 0.3) is 0 Å². The zero-order chi connectivity index (χ0) is 7.94. The van der Waals surface area contributed by atoms with E-state index in [0.29, 0.717) is 0 Å². The molecule has 0 saturated heterocycles. The smallest absolute Gasteiger partial charge is 0.0164 e. The highest BCUT2D eigenvalue weighted by atomic mass is 14.0. The molecule has 0 radical (unpaired) electrons. The lowest BCUT2D eigenvalue weighted by atomic mass is 9.98. The third kappa shape index (κ3) is 3.22. The molecule has 0 aromatic carbocycles. The third-order valence-electron chi connectivity index (χ3n) is 1.95. The van der Waals surface area contributed by atoms with Gasteiger partial charge in [-0.3, -0.25) is 0 Å². The Morgan fingerprint density at radius 1 is 1.09 bits per heavy atom. The first-order valence-electron chi connectivity index (χ1n) is 4.36. The highest BCUT2D eigenvalue weighted by molar-refractivity contribution is 5.02. The van der Waals surface area contributed by atoms with Gasteiger partial charge in [-0.05, 0) is 32.1 Å². The van der Waals surface area contributed by atoms with E-state index in [2.05, 4.69) is 43.4 Å². The molecule has 11 heavy (non-hydrogen) atoms. The van der Waals surface area contributed by atoms with Gasteiger partial charge >= 0.3 is 0 Å². The lowest BCUT2D eigenvalue weighted by Crippen LogP contribution is -1.93. The summed E-state index contributed by atoms with van der Waals surface area (Å²) in [7, 11) is 0. The molecule has 0 aromatic rings. The molecule has 0 nitrogen and oxygen atoms in total. The molecule has 0 bridgehead atoms. The standard InChI is InChI=1S/C11H16/c1-2-8-11-9-6-4-3-5-7-10-11/h2,4-8,11H,3,9-10H2,1H3. The maximum absolute atomic E-state index is 2.29. The molecule has 0 aromatic heterocycles. The Morgan fingerprint density at radius 2 is 1.73 bits per heavy atom. The van der Waals surface area contributed by atoms with E-state index in [-0.39, 0.29) is 0 Å². The predicted molar refractivity (Wildman–Crippen MR) is 50.4 cm³/mol. The van der Waals surface area contributed by atoms with Crippen LogP contribution in [0.15, 0.2) is 36.5 Å². The number of allylic oxidation sites excluding steroid dienone is 6. The highest BCUT2D eigenvalue weighted by Crippen LogP contribution is 2.14. The molecule has 1 aliphatic rings. The third-order valence-corrected chi connectivity index (χ3v) is 1.95. The Balaban J connectivity index is 2.46. The monoisotopic (exact) mass is 148 g/mol. The van der Waals surface area contributed by atoms with Crippen LogP contribution in [0.4, 0.5) is 0 Å². The molecule has 0 unspecified atom stereocenters. The SMILES string of the molecule is CC=CC1CC=CCC=CC1. The van der Waals surface area contributed by atoms with Gasteiger partial charge in [-0.2, -0.15) is 0 Å². The van der Waals surface area contributed by atoms with Crippen LogP contribution >= 0.6 is 0 Å². The maximum atomic E-state index is 2.29. The Kier molecular flexibility index (Phi) is 3.74. The fourth-order valence-electron chi connectivity index (χ4n) is 1.34. The second-order valence-electron chi connectivity index (χ2n) is 2.94. The average molecular weight is 148 g/mol. The van der Waals surface area contributed by atoms with Gasteiger partial charge in [-0.15, -0.1) is 0 Å². The molecule has 0 saturated carbocycles. The second-order valence-corrected chi connectivity index (χ2v) is 2.94. The molecule has 0 spiro atoms. The molecule has 0 N–H and O–H groups in total. The largest absolute Gasteiger partial charge is 0.0914 e. The van der Waals surface area contributed by atoms with Gasteiger partial charge < -0.3 is 0 Å². The van der Waals surface area contributed by atoms with Crippen molar-refractivity contribution >= 4 is 0 Å². The van der Waals surface area contributed by atoms with Crippen molar-refractivity contribution in [3.05, 3.63) is 36.5 Å². The van der Waals surface area contributed by atoms with Gasteiger partial charge in [0.2, 0.25) is 0 Å². The van der Waals surface area contributed by atoms with E-state index in [4.69, 9.17) is 0 Å². The number of hydrogen-bond acceptors (Lipinski definition) is 0. The van der Waals surface area contributed by atoms with Gasteiger partial charge in [-0.1, -0.05) is 36.5 Å². The fourth-order valence-corrected chi connectivity index (χ4v) is 1.34. The number of hydrogen-bond donors (Lipinski definition) is 0. The lowest BCUT2D eigenvalue weighted by Gasteiger charge is -2.07. The summed E-state index contributed by atoms with van der Waals surface area (Å²) in [5.41, 5.74) is 0.